The highest BCUT2D eigenvalue weighted by atomic mass is 16.3. The van der Waals surface area contributed by atoms with Gasteiger partial charge in [-0.3, -0.25) is 0 Å². The number of nitrogens with zero attached hydrogens (tertiary/aromatic N) is 1. The van der Waals surface area contributed by atoms with Gasteiger partial charge < -0.3 is 10.0 Å². The highest BCUT2D eigenvalue weighted by molar-refractivity contribution is 4.70. The van der Waals surface area contributed by atoms with Crippen LogP contribution in [0.15, 0.2) is 0 Å². The summed E-state index contributed by atoms with van der Waals surface area (Å²) in [5, 5.41) is 9.96. The van der Waals surface area contributed by atoms with Gasteiger partial charge >= 0.3 is 0 Å². The Morgan fingerprint density at radius 2 is 1.75 bits per heavy atom. The summed E-state index contributed by atoms with van der Waals surface area (Å²) in [6.45, 7) is 10.1. The molecule has 0 spiro atoms. The minimum atomic E-state index is -0.111. The van der Waals surface area contributed by atoms with Gasteiger partial charge in [-0.05, 0) is 44.2 Å². The third kappa shape index (κ3) is 6.49. The van der Waals surface area contributed by atoms with Crippen LogP contribution in [0.5, 0.6) is 0 Å². The van der Waals surface area contributed by atoms with Crippen LogP contribution in [-0.2, 0) is 0 Å². The zero-order valence-corrected chi connectivity index (χ0v) is 11.3. The van der Waals surface area contributed by atoms with E-state index in [0.717, 1.165) is 19.4 Å². The molecule has 1 N–H and O–H groups in total. The van der Waals surface area contributed by atoms with Crippen molar-refractivity contribution in [3.8, 4) is 0 Å². The van der Waals surface area contributed by atoms with E-state index in [9.17, 15) is 5.11 Å². The molecule has 16 heavy (non-hydrogen) atoms. The normalized spacial score (nSPS) is 21.0. The van der Waals surface area contributed by atoms with Gasteiger partial charge in [-0.1, -0.05) is 33.6 Å². The number of piperidine rings is 1. The lowest BCUT2D eigenvalue weighted by Crippen LogP contribution is -2.36. The average Bonchev–Trinajstić information content (AvgIpc) is 2.17. The summed E-state index contributed by atoms with van der Waals surface area (Å²) >= 11 is 0. The fourth-order valence-electron chi connectivity index (χ4n) is 2.40. The summed E-state index contributed by atoms with van der Waals surface area (Å²) in [7, 11) is 0. The van der Waals surface area contributed by atoms with Crippen LogP contribution in [0.2, 0.25) is 0 Å². The Morgan fingerprint density at radius 3 is 2.31 bits per heavy atom. The third-order valence-corrected chi connectivity index (χ3v) is 3.38. The van der Waals surface area contributed by atoms with Crippen molar-refractivity contribution in [3.05, 3.63) is 0 Å². The van der Waals surface area contributed by atoms with Gasteiger partial charge in [0, 0.05) is 6.54 Å². The second-order valence-electron chi connectivity index (χ2n) is 6.47. The largest absolute Gasteiger partial charge is 0.392 e. The Bertz CT molecular complexity index is 180. The molecule has 1 fully saturated rings. The van der Waals surface area contributed by atoms with E-state index >= 15 is 0 Å². The van der Waals surface area contributed by atoms with Gasteiger partial charge in [-0.2, -0.15) is 0 Å². The van der Waals surface area contributed by atoms with E-state index in [4.69, 9.17) is 0 Å². The van der Waals surface area contributed by atoms with Crippen molar-refractivity contribution in [2.75, 3.05) is 19.6 Å². The quantitative estimate of drug-likeness (QED) is 0.780. The predicted molar refractivity (Wildman–Crippen MR) is 69.6 cm³/mol. The summed E-state index contributed by atoms with van der Waals surface area (Å²) in [4.78, 5) is 2.42. The summed E-state index contributed by atoms with van der Waals surface area (Å²) in [5.41, 5.74) is 0.408. The molecule has 0 amide bonds. The molecule has 0 unspecified atom stereocenters. The van der Waals surface area contributed by atoms with Gasteiger partial charge in [0.25, 0.3) is 0 Å². The van der Waals surface area contributed by atoms with Crippen LogP contribution >= 0.6 is 0 Å². The fourth-order valence-corrected chi connectivity index (χ4v) is 2.40. The number of hydrogen-bond donors (Lipinski definition) is 1. The molecule has 0 bridgehead atoms. The highest BCUT2D eigenvalue weighted by Gasteiger charge is 2.15. The highest BCUT2D eigenvalue weighted by Crippen LogP contribution is 2.22. The summed E-state index contributed by atoms with van der Waals surface area (Å²) in [6, 6.07) is 0. The third-order valence-electron chi connectivity index (χ3n) is 3.38. The van der Waals surface area contributed by atoms with Gasteiger partial charge in [0.2, 0.25) is 0 Å². The summed E-state index contributed by atoms with van der Waals surface area (Å²) in [5.74, 6) is 0. The van der Waals surface area contributed by atoms with Crippen LogP contribution in [0.1, 0.15) is 59.3 Å². The lowest BCUT2D eigenvalue weighted by Gasteiger charge is -2.28. The molecule has 0 saturated carbocycles. The number of aliphatic hydroxyl groups excluding tert-OH is 1. The van der Waals surface area contributed by atoms with E-state index in [1.165, 1.54) is 38.8 Å². The molecule has 1 atom stereocenters. The number of hydrogen-bond acceptors (Lipinski definition) is 2. The van der Waals surface area contributed by atoms with Crippen LogP contribution in [0.25, 0.3) is 0 Å². The van der Waals surface area contributed by atoms with Crippen LogP contribution in [0.3, 0.4) is 0 Å². The molecular formula is C14H29NO. The minimum absolute atomic E-state index is 0.111. The molecule has 0 aliphatic carbocycles. The Labute approximate surface area is 101 Å². The molecule has 0 aromatic carbocycles. The first kappa shape index (κ1) is 14.0. The summed E-state index contributed by atoms with van der Waals surface area (Å²) in [6.07, 6.45) is 7.22. The molecular weight excluding hydrogens is 198 g/mol. The SMILES string of the molecule is CC(C)(C)CCC[C@H](O)CN1CCCCC1. The van der Waals surface area contributed by atoms with E-state index in [1.807, 2.05) is 0 Å². The van der Waals surface area contributed by atoms with E-state index in [-0.39, 0.29) is 6.10 Å². The van der Waals surface area contributed by atoms with Crippen LogP contribution in [-0.4, -0.2) is 35.7 Å². The van der Waals surface area contributed by atoms with Crippen molar-refractivity contribution in [1.82, 2.24) is 4.90 Å². The molecule has 0 aromatic rings. The van der Waals surface area contributed by atoms with E-state index < -0.39 is 0 Å². The Balaban J connectivity index is 2.08. The lowest BCUT2D eigenvalue weighted by atomic mass is 9.89. The molecule has 0 aromatic heterocycles. The average molecular weight is 227 g/mol. The van der Waals surface area contributed by atoms with E-state index in [0.29, 0.717) is 5.41 Å². The number of β-amino-alcohol motifs (C(OH)–C–C–N with tert-alkyl or cyclic N) is 1. The topological polar surface area (TPSA) is 23.5 Å². The second kappa shape index (κ2) is 6.61. The maximum Gasteiger partial charge on any atom is 0.0667 e. The Hall–Kier alpha value is -0.0800. The van der Waals surface area contributed by atoms with Gasteiger partial charge in [0.1, 0.15) is 0 Å². The summed E-state index contributed by atoms with van der Waals surface area (Å²) < 4.78 is 0. The zero-order chi connectivity index (χ0) is 12.0. The van der Waals surface area contributed by atoms with Crippen LogP contribution in [0.4, 0.5) is 0 Å². The molecule has 96 valence electrons. The number of aliphatic hydroxyl groups is 1. The Kier molecular flexibility index (Phi) is 5.77. The zero-order valence-electron chi connectivity index (χ0n) is 11.3. The Morgan fingerprint density at radius 1 is 1.12 bits per heavy atom. The molecule has 1 aliphatic heterocycles. The molecule has 1 saturated heterocycles. The predicted octanol–water partition coefficient (Wildman–Crippen LogP) is 3.05. The van der Waals surface area contributed by atoms with Gasteiger partial charge in [-0.15, -0.1) is 0 Å². The smallest absolute Gasteiger partial charge is 0.0667 e. The van der Waals surface area contributed by atoms with Crippen molar-refractivity contribution < 1.29 is 5.11 Å². The van der Waals surface area contributed by atoms with Crippen molar-refractivity contribution in [3.63, 3.8) is 0 Å². The first-order valence-corrected chi connectivity index (χ1v) is 6.88. The monoisotopic (exact) mass is 227 g/mol. The molecule has 1 rings (SSSR count). The maximum atomic E-state index is 9.96. The van der Waals surface area contributed by atoms with Gasteiger partial charge in [-0.25, -0.2) is 0 Å². The standard InChI is InChI=1S/C14H29NO/c1-14(2,3)9-7-8-13(16)12-15-10-5-4-6-11-15/h13,16H,4-12H2,1-3H3/t13-/m0/s1. The molecule has 2 heteroatoms. The number of likely N-dealkylation sites (tertiary alicyclic amines) is 1. The lowest BCUT2D eigenvalue weighted by molar-refractivity contribution is 0.0906. The molecule has 0 radical (unpaired) electrons. The van der Waals surface area contributed by atoms with Crippen molar-refractivity contribution in [2.24, 2.45) is 5.41 Å². The molecule has 1 heterocycles. The first-order valence-electron chi connectivity index (χ1n) is 6.88. The van der Waals surface area contributed by atoms with Gasteiger partial charge in [0.05, 0.1) is 6.10 Å². The minimum Gasteiger partial charge on any atom is -0.392 e. The second-order valence-corrected chi connectivity index (χ2v) is 6.47. The van der Waals surface area contributed by atoms with E-state index in [2.05, 4.69) is 25.7 Å². The molecule has 2 nitrogen and oxygen atoms in total. The molecule has 1 aliphatic rings. The van der Waals surface area contributed by atoms with Crippen molar-refractivity contribution in [2.45, 2.75) is 65.4 Å². The van der Waals surface area contributed by atoms with Crippen molar-refractivity contribution >= 4 is 0 Å². The number of rotatable bonds is 5. The first-order chi connectivity index (χ1) is 7.47. The van der Waals surface area contributed by atoms with Crippen LogP contribution < -0.4 is 0 Å². The maximum absolute atomic E-state index is 9.96. The van der Waals surface area contributed by atoms with Crippen LogP contribution in [0, 0.1) is 5.41 Å². The van der Waals surface area contributed by atoms with Crippen molar-refractivity contribution in [1.29, 1.82) is 0 Å². The fraction of sp³-hybridized carbons (Fsp3) is 1.00. The van der Waals surface area contributed by atoms with Gasteiger partial charge in [0.15, 0.2) is 0 Å². The van der Waals surface area contributed by atoms with E-state index in [1.54, 1.807) is 0 Å².